The Bertz CT molecular complexity index is 1840. The Hall–Kier alpha value is -4.03. The lowest BCUT2D eigenvalue weighted by Crippen LogP contribution is -2.71. The summed E-state index contributed by atoms with van der Waals surface area (Å²) in [4.78, 5) is 37.2. The van der Waals surface area contributed by atoms with Crippen LogP contribution in [0.2, 0.25) is 5.02 Å². The van der Waals surface area contributed by atoms with Crippen molar-refractivity contribution < 1.29 is 22.4 Å². The number of benzene rings is 2. The summed E-state index contributed by atoms with van der Waals surface area (Å²) >= 11 is 6.58. The minimum absolute atomic E-state index is 0.0926. The Morgan fingerprint density at radius 2 is 1.95 bits per heavy atom. The number of pyridine rings is 1. The molecule has 0 saturated carbocycles. The van der Waals surface area contributed by atoms with Crippen LogP contribution in [0.3, 0.4) is 0 Å². The van der Waals surface area contributed by atoms with E-state index in [1.807, 2.05) is 28.8 Å². The summed E-state index contributed by atoms with van der Waals surface area (Å²) in [5, 5.41) is 0.377. The molecule has 2 fully saturated rings. The molecule has 42 heavy (non-hydrogen) atoms. The molecule has 10 nitrogen and oxygen atoms in total. The van der Waals surface area contributed by atoms with Gasteiger partial charge in [0.15, 0.2) is 9.84 Å². The fourth-order valence-electron chi connectivity index (χ4n) is 6.05. The molecule has 218 valence electrons. The van der Waals surface area contributed by atoms with Crippen molar-refractivity contribution in [3.8, 4) is 11.1 Å². The number of urea groups is 1. The third-order valence-corrected chi connectivity index (χ3v) is 11.2. The Morgan fingerprint density at radius 1 is 1.17 bits per heavy atom. The van der Waals surface area contributed by atoms with Crippen LogP contribution < -0.4 is 10.6 Å². The number of primary amides is 1. The summed E-state index contributed by atoms with van der Waals surface area (Å²) in [5.74, 6) is -1.56. The minimum atomic E-state index is -3.57. The predicted octanol–water partition coefficient (Wildman–Crippen LogP) is 3.86. The van der Waals surface area contributed by atoms with E-state index in [-0.39, 0.29) is 37.6 Å². The monoisotopic (exact) mass is 610 g/mol. The molecule has 4 aromatic rings. The van der Waals surface area contributed by atoms with Crippen LogP contribution in [0.25, 0.3) is 22.2 Å². The van der Waals surface area contributed by atoms with Gasteiger partial charge in [0.2, 0.25) is 5.91 Å². The van der Waals surface area contributed by atoms with Gasteiger partial charge in [0.1, 0.15) is 16.4 Å². The average Bonchev–Trinajstić information content (AvgIpc) is 3.45. The minimum Gasteiger partial charge on any atom is -0.369 e. The normalized spacial score (nSPS) is 18.7. The number of hydrogen-bond acceptors (Lipinski definition) is 6. The van der Waals surface area contributed by atoms with Crippen molar-refractivity contribution in [1.29, 1.82) is 0 Å². The number of carbonyl (C=O) groups is 2. The topological polar surface area (TPSA) is 131 Å². The number of nitrogens with two attached hydrogens (primary N) is 1. The van der Waals surface area contributed by atoms with Crippen molar-refractivity contribution in [2.24, 2.45) is 11.7 Å². The fraction of sp³-hybridized carbons (Fsp3) is 0.310. The number of fused-ring (bicyclic) bond motifs is 1. The molecule has 1 unspecified atom stereocenters. The first kappa shape index (κ1) is 28.1. The molecule has 0 bridgehead atoms. The predicted molar refractivity (Wildman–Crippen MR) is 157 cm³/mol. The van der Waals surface area contributed by atoms with Gasteiger partial charge in [0.05, 0.1) is 34.1 Å². The number of hydrogen-bond donors (Lipinski definition) is 1. The lowest BCUT2D eigenvalue weighted by atomic mass is 9.83. The van der Waals surface area contributed by atoms with Crippen molar-refractivity contribution >= 4 is 50.2 Å². The van der Waals surface area contributed by atoms with Gasteiger partial charge in [-0.3, -0.25) is 9.69 Å². The van der Waals surface area contributed by atoms with Crippen LogP contribution in [-0.4, -0.2) is 69.9 Å². The van der Waals surface area contributed by atoms with Gasteiger partial charge in [0.25, 0.3) is 0 Å². The van der Waals surface area contributed by atoms with Gasteiger partial charge in [-0.05, 0) is 54.8 Å². The van der Waals surface area contributed by atoms with Crippen LogP contribution in [0.1, 0.15) is 18.9 Å². The van der Waals surface area contributed by atoms with Crippen molar-refractivity contribution in [1.82, 2.24) is 19.4 Å². The van der Waals surface area contributed by atoms with Gasteiger partial charge in [0, 0.05) is 37.9 Å². The Balaban J connectivity index is 1.28. The lowest BCUT2D eigenvalue weighted by Gasteiger charge is -2.49. The van der Waals surface area contributed by atoms with Crippen LogP contribution >= 0.6 is 11.6 Å². The van der Waals surface area contributed by atoms with E-state index in [2.05, 4.69) is 9.97 Å². The first-order valence-electron chi connectivity index (χ1n) is 13.5. The molecular weight excluding hydrogens is 583 g/mol. The zero-order valence-electron chi connectivity index (χ0n) is 22.7. The highest BCUT2D eigenvalue weighted by molar-refractivity contribution is 7.93. The van der Waals surface area contributed by atoms with Gasteiger partial charge in [-0.15, -0.1) is 0 Å². The van der Waals surface area contributed by atoms with Crippen LogP contribution in [0.15, 0.2) is 61.1 Å². The van der Waals surface area contributed by atoms with Crippen molar-refractivity contribution in [2.75, 3.05) is 30.3 Å². The van der Waals surface area contributed by atoms with E-state index in [9.17, 15) is 22.4 Å². The first-order valence-corrected chi connectivity index (χ1v) is 15.5. The number of nitrogens with zero attached hydrogens (tertiary/aromatic N) is 5. The smallest absolute Gasteiger partial charge is 0.325 e. The van der Waals surface area contributed by atoms with E-state index in [4.69, 9.17) is 17.3 Å². The van der Waals surface area contributed by atoms with Gasteiger partial charge in [-0.2, -0.15) is 0 Å². The number of carbonyl (C=O) groups excluding carboxylic acids is 2. The summed E-state index contributed by atoms with van der Waals surface area (Å²) in [5.41, 5.74) is 9.29. The molecule has 0 aliphatic carbocycles. The second-order valence-corrected chi connectivity index (χ2v) is 13.6. The third-order valence-electron chi connectivity index (χ3n) is 8.30. The Morgan fingerprint density at radius 3 is 2.67 bits per heavy atom. The Labute approximate surface area is 246 Å². The molecule has 2 saturated heterocycles. The molecule has 2 aliphatic heterocycles. The zero-order valence-corrected chi connectivity index (χ0v) is 24.3. The highest BCUT2D eigenvalue weighted by Crippen LogP contribution is 2.45. The second-order valence-electron chi connectivity index (χ2n) is 10.7. The molecule has 1 atom stereocenters. The highest BCUT2D eigenvalue weighted by atomic mass is 35.5. The summed E-state index contributed by atoms with van der Waals surface area (Å²) in [6.45, 7) is 2.30. The molecule has 3 amide bonds. The number of likely N-dealkylation sites (tertiary alicyclic amines) is 1. The van der Waals surface area contributed by atoms with E-state index in [1.165, 1.54) is 28.1 Å². The van der Waals surface area contributed by atoms with Gasteiger partial charge >= 0.3 is 6.03 Å². The molecule has 0 radical (unpaired) electrons. The van der Waals surface area contributed by atoms with Crippen LogP contribution in [0.5, 0.6) is 0 Å². The molecule has 13 heteroatoms. The number of amides is 3. The van der Waals surface area contributed by atoms with E-state index >= 15 is 0 Å². The number of halogens is 2. The Kier molecular flexibility index (Phi) is 6.93. The third kappa shape index (κ3) is 4.58. The number of aromatic nitrogens is 3. The number of anilines is 1. The summed E-state index contributed by atoms with van der Waals surface area (Å²) in [7, 11) is -3.57. The van der Waals surface area contributed by atoms with E-state index < -0.39 is 32.4 Å². The lowest BCUT2D eigenvalue weighted by molar-refractivity contribution is -0.124. The highest BCUT2D eigenvalue weighted by Gasteiger charge is 2.64. The summed E-state index contributed by atoms with van der Waals surface area (Å²) < 4.78 is 39.9. The van der Waals surface area contributed by atoms with E-state index in [0.29, 0.717) is 22.9 Å². The molecule has 4 heterocycles. The maximum absolute atomic E-state index is 13.7. The van der Waals surface area contributed by atoms with Crippen molar-refractivity contribution in [2.45, 2.75) is 24.6 Å². The van der Waals surface area contributed by atoms with E-state index in [0.717, 1.165) is 22.2 Å². The van der Waals surface area contributed by atoms with Crippen molar-refractivity contribution in [3.05, 3.63) is 77.5 Å². The van der Waals surface area contributed by atoms with Crippen molar-refractivity contribution in [3.63, 3.8) is 0 Å². The average molecular weight is 611 g/mol. The number of sulfone groups is 1. The maximum Gasteiger partial charge on any atom is 0.325 e. The molecular formula is C29H28ClFN6O4S. The number of rotatable bonds is 6. The summed E-state index contributed by atoms with van der Waals surface area (Å²) in [6.07, 6.45) is 3.34. The van der Waals surface area contributed by atoms with Crippen LogP contribution in [-0.2, 0) is 21.2 Å². The van der Waals surface area contributed by atoms with Gasteiger partial charge in [-0.25, -0.2) is 27.6 Å². The summed E-state index contributed by atoms with van der Waals surface area (Å²) in [6, 6.07) is 13.3. The molecule has 2 aromatic carbocycles. The quantitative estimate of drug-likeness (QED) is 0.353. The molecule has 2 aliphatic rings. The van der Waals surface area contributed by atoms with E-state index in [1.54, 1.807) is 25.4 Å². The molecule has 6 rings (SSSR count). The SMILES string of the molecule is CCN(C(=O)N1CC2(C1)C(C(N)=O)CCS2(=O)=O)c1cc(-c2ccc3ncn(Cc4cccc(F)c4)c3c2)c(Cl)cn1. The number of imidazole rings is 1. The largest absolute Gasteiger partial charge is 0.369 e. The van der Waals surface area contributed by atoms with Gasteiger partial charge in [-0.1, -0.05) is 29.8 Å². The zero-order chi connectivity index (χ0) is 29.8. The molecule has 2 N–H and O–H groups in total. The molecule has 2 aromatic heterocycles. The fourth-order valence-corrected chi connectivity index (χ4v) is 8.59. The molecule has 1 spiro atoms. The van der Waals surface area contributed by atoms with Gasteiger partial charge < -0.3 is 15.2 Å². The first-order chi connectivity index (χ1) is 20.0. The van der Waals surface area contributed by atoms with Crippen LogP contribution in [0.4, 0.5) is 15.0 Å². The standard InChI is InChI=1S/C29H28ClFN6O4S/c1-2-37(28(39)36-15-29(16-36)22(27(32)38)8-9-42(29,40)41)26-12-21(23(30)13-33-26)19-6-7-24-25(11-19)35(17-34-24)14-18-4-3-5-20(31)10-18/h3-7,10-13,17,22H,2,8-9,14-16H2,1H3,(H2,32,38). The second kappa shape index (κ2) is 10.4. The maximum atomic E-state index is 13.7. The van der Waals surface area contributed by atoms with Crippen LogP contribution in [0, 0.1) is 11.7 Å².